The average molecular weight is 285 g/mol. The van der Waals surface area contributed by atoms with Crippen LogP contribution in [0.5, 0.6) is 0 Å². The van der Waals surface area contributed by atoms with Crippen molar-refractivity contribution in [3.8, 4) is 0 Å². The molecule has 0 saturated carbocycles. The number of rotatable bonds is 6. The number of benzene rings is 1. The lowest BCUT2D eigenvalue weighted by atomic mass is 10.1. The molecule has 106 valence electrons. The Morgan fingerprint density at radius 1 is 1.21 bits per heavy atom. The smallest absolute Gasteiger partial charge is 0.129 e. The Balaban J connectivity index is 1.63. The van der Waals surface area contributed by atoms with Gasteiger partial charge < -0.3 is 10.2 Å². The first-order valence-electron chi connectivity index (χ1n) is 7.13. The summed E-state index contributed by atoms with van der Waals surface area (Å²) in [6, 6.07) is 4.82. The number of nitrogens with zero attached hydrogens (tertiary/aromatic N) is 1. The van der Waals surface area contributed by atoms with Crippen LogP contribution in [0.25, 0.3) is 0 Å². The van der Waals surface area contributed by atoms with Gasteiger partial charge in [-0.1, -0.05) is 24.1 Å². The fraction of sp³-hybridized carbons (Fsp3) is 0.600. The van der Waals surface area contributed by atoms with E-state index in [1.807, 2.05) is 0 Å². The third-order valence-corrected chi connectivity index (χ3v) is 3.99. The Morgan fingerprint density at radius 3 is 2.74 bits per heavy atom. The van der Waals surface area contributed by atoms with Crippen LogP contribution in [0.2, 0.25) is 5.02 Å². The van der Waals surface area contributed by atoms with Crippen LogP contribution in [-0.4, -0.2) is 31.1 Å². The molecule has 0 aliphatic carbocycles. The fourth-order valence-corrected chi connectivity index (χ4v) is 2.76. The zero-order chi connectivity index (χ0) is 13.5. The number of halogens is 2. The lowest BCUT2D eigenvalue weighted by molar-refractivity contribution is 0.225. The lowest BCUT2D eigenvalue weighted by Crippen LogP contribution is -2.32. The first-order valence-corrected chi connectivity index (χ1v) is 7.51. The molecular formula is C15H22ClFN2. The Hall–Kier alpha value is -0.640. The fourth-order valence-electron chi connectivity index (χ4n) is 2.53. The van der Waals surface area contributed by atoms with Crippen molar-refractivity contribution in [3.05, 3.63) is 34.6 Å². The van der Waals surface area contributed by atoms with Crippen LogP contribution in [0.1, 0.15) is 31.2 Å². The molecule has 1 N–H and O–H groups in total. The van der Waals surface area contributed by atoms with Crippen LogP contribution in [0, 0.1) is 5.82 Å². The van der Waals surface area contributed by atoms with Crippen LogP contribution >= 0.6 is 11.6 Å². The predicted molar refractivity (Wildman–Crippen MR) is 78.0 cm³/mol. The molecule has 1 aromatic carbocycles. The van der Waals surface area contributed by atoms with Gasteiger partial charge in [0, 0.05) is 17.1 Å². The van der Waals surface area contributed by atoms with Gasteiger partial charge in [-0.15, -0.1) is 0 Å². The van der Waals surface area contributed by atoms with Crippen LogP contribution in [0.3, 0.4) is 0 Å². The second-order valence-corrected chi connectivity index (χ2v) is 5.54. The van der Waals surface area contributed by atoms with Gasteiger partial charge in [-0.25, -0.2) is 4.39 Å². The standard InChI is InChI=1S/C15H22ClFN2/c16-14-6-4-7-15(17)13(14)12-18-8-5-11-19-9-2-1-3-10-19/h4,6-7,18H,1-3,5,8-12H2. The summed E-state index contributed by atoms with van der Waals surface area (Å²) in [6.45, 7) is 5.02. The van der Waals surface area contributed by atoms with Crippen molar-refractivity contribution < 1.29 is 4.39 Å². The summed E-state index contributed by atoms with van der Waals surface area (Å²) < 4.78 is 13.5. The molecule has 2 nitrogen and oxygen atoms in total. The maximum atomic E-state index is 13.5. The highest BCUT2D eigenvalue weighted by Crippen LogP contribution is 2.18. The molecule has 0 amide bonds. The molecule has 19 heavy (non-hydrogen) atoms. The Bertz CT molecular complexity index is 371. The number of piperidine rings is 1. The van der Waals surface area contributed by atoms with Crippen molar-refractivity contribution in [3.63, 3.8) is 0 Å². The zero-order valence-corrected chi connectivity index (χ0v) is 12.1. The molecule has 0 aromatic heterocycles. The van der Waals surface area contributed by atoms with Crippen molar-refractivity contribution >= 4 is 11.6 Å². The molecule has 2 rings (SSSR count). The molecule has 1 aromatic rings. The van der Waals surface area contributed by atoms with Crippen molar-refractivity contribution in [2.45, 2.75) is 32.2 Å². The van der Waals surface area contributed by atoms with E-state index in [1.54, 1.807) is 12.1 Å². The van der Waals surface area contributed by atoms with Gasteiger partial charge in [0.2, 0.25) is 0 Å². The van der Waals surface area contributed by atoms with Crippen molar-refractivity contribution in [1.29, 1.82) is 0 Å². The molecule has 0 bridgehead atoms. The van der Waals surface area contributed by atoms with Gasteiger partial charge in [-0.2, -0.15) is 0 Å². The first kappa shape index (κ1) is 14.8. The highest BCUT2D eigenvalue weighted by molar-refractivity contribution is 6.31. The van der Waals surface area contributed by atoms with Gasteiger partial charge >= 0.3 is 0 Å². The van der Waals surface area contributed by atoms with Gasteiger partial charge in [-0.05, 0) is 57.6 Å². The number of hydrogen-bond acceptors (Lipinski definition) is 2. The van der Waals surface area contributed by atoms with Crippen LogP contribution in [0.15, 0.2) is 18.2 Å². The Labute approximate surface area is 119 Å². The Kier molecular flexibility index (Phi) is 6.08. The summed E-state index contributed by atoms with van der Waals surface area (Å²) >= 11 is 5.98. The molecule has 0 unspecified atom stereocenters. The molecule has 0 radical (unpaired) electrons. The monoisotopic (exact) mass is 284 g/mol. The zero-order valence-electron chi connectivity index (χ0n) is 11.3. The summed E-state index contributed by atoms with van der Waals surface area (Å²) in [7, 11) is 0. The van der Waals surface area contributed by atoms with Crippen LogP contribution in [-0.2, 0) is 6.54 Å². The lowest BCUT2D eigenvalue weighted by Gasteiger charge is -2.26. The van der Waals surface area contributed by atoms with Crippen molar-refractivity contribution in [2.75, 3.05) is 26.2 Å². The Morgan fingerprint density at radius 2 is 2.00 bits per heavy atom. The quantitative estimate of drug-likeness (QED) is 0.805. The minimum absolute atomic E-state index is 0.226. The third kappa shape index (κ3) is 4.75. The molecule has 0 atom stereocenters. The molecule has 0 spiro atoms. The summed E-state index contributed by atoms with van der Waals surface area (Å²) in [6.07, 6.45) is 5.14. The van der Waals surface area contributed by atoms with E-state index in [4.69, 9.17) is 11.6 Å². The van der Waals surface area contributed by atoms with E-state index in [9.17, 15) is 4.39 Å². The van der Waals surface area contributed by atoms with E-state index in [1.165, 1.54) is 38.4 Å². The highest BCUT2D eigenvalue weighted by atomic mass is 35.5. The van der Waals surface area contributed by atoms with Crippen LogP contribution < -0.4 is 5.32 Å². The van der Waals surface area contributed by atoms with Crippen molar-refractivity contribution in [1.82, 2.24) is 10.2 Å². The van der Waals surface area contributed by atoms with Gasteiger partial charge in [0.05, 0.1) is 0 Å². The van der Waals surface area contributed by atoms with E-state index in [0.29, 0.717) is 17.1 Å². The average Bonchev–Trinajstić information content (AvgIpc) is 2.42. The van der Waals surface area contributed by atoms with E-state index in [0.717, 1.165) is 19.5 Å². The molecule has 1 aliphatic rings. The number of likely N-dealkylation sites (tertiary alicyclic amines) is 1. The van der Waals surface area contributed by atoms with E-state index in [-0.39, 0.29) is 5.82 Å². The van der Waals surface area contributed by atoms with E-state index >= 15 is 0 Å². The molecular weight excluding hydrogens is 263 g/mol. The third-order valence-electron chi connectivity index (χ3n) is 3.64. The predicted octanol–water partition coefficient (Wildman–Crippen LogP) is 3.44. The second-order valence-electron chi connectivity index (χ2n) is 5.13. The molecule has 1 saturated heterocycles. The first-order chi connectivity index (χ1) is 9.27. The summed E-state index contributed by atoms with van der Waals surface area (Å²) in [4.78, 5) is 2.52. The normalized spacial score (nSPS) is 16.7. The minimum atomic E-state index is -0.226. The van der Waals surface area contributed by atoms with Gasteiger partial charge in [0.15, 0.2) is 0 Å². The van der Waals surface area contributed by atoms with E-state index < -0.39 is 0 Å². The molecule has 4 heteroatoms. The number of hydrogen-bond donors (Lipinski definition) is 1. The molecule has 1 heterocycles. The second kappa shape index (κ2) is 7.83. The number of nitrogens with one attached hydrogen (secondary N) is 1. The SMILES string of the molecule is Fc1cccc(Cl)c1CNCCCN1CCCCC1. The summed E-state index contributed by atoms with van der Waals surface area (Å²) in [5, 5.41) is 3.78. The van der Waals surface area contributed by atoms with Crippen molar-refractivity contribution in [2.24, 2.45) is 0 Å². The van der Waals surface area contributed by atoms with Crippen LogP contribution in [0.4, 0.5) is 4.39 Å². The maximum absolute atomic E-state index is 13.5. The largest absolute Gasteiger partial charge is 0.312 e. The summed E-state index contributed by atoms with van der Waals surface area (Å²) in [5.74, 6) is -0.226. The molecule has 1 fully saturated rings. The topological polar surface area (TPSA) is 15.3 Å². The highest BCUT2D eigenvalue weighted by Gasteiger charge is 2.09. The van der Waals surface area contributed by atoms with E-state index in [2.05, 4.69) is 10.2 Å². The van der Waals surface area contributed by atoms with Gasteiger partial charge in [-0.3, -0.25) is 0 Å². The molecule has 1 aliphatic heterocycles. The maximum Gasteiger partial charge on any atom is 0.129 e. The minimum Gasteiger partial charge on any atom is -0.312 e. The summed E-state index contributed by atoms with van der Waals surface area (Å²) in [5.41, 5.74) is 0.571. The van der Waals surface area contributed by atoms with Gasteiger partial charge in [0.25, 0.3) is 0 Å². The van der Waals surface area contributed by atoms with Gasteiger partial charge in [0.1, 0.15) is 5.82 Å².